The highest BCUT2D eigenvalue weighted by Gasteiger charge is 2.19. The van der Waals surface area contributed by atoms with Crippen LogP contribution in [0.25, 0.3) is 0 Å². The number of carbonyl (C=O) groups excluding carboxylic acids is 2. The molecular weight excluding hydrogens is 268 g/mol. The number of rotatable bonds is 4. The largest absolute Gasteiger partial charge is 0.484 e. The van der Waals surface area contributed by atoms with E-state index in [-0.39, 0.29) is 25.0 Å². The number of hydrogen-bond donors (Lipinski definition) is 1. The lowest BCUT2D eigenvalue weighted by atomic mass is 10.0. The van der Waals surface area contributed by atoms with Gasteiger partial charge in [0.05, 0.1) is 6.54 Å². The minimum absolute atomic E-state index is 0.0329. The van der Waals surface area contributed by atoms with Crippen molar-refractivity contribution in [2.75, 3.05) is 26.2 Å². The molecule has 1 fully saturated rings. The van der Waals surface area contributed by atoms with Crippen molar-refractivity contribution in [3.05, 3.63) is 29.8 Å². The highest BCUT2D eigenvalue weighted by Crippen LogP contribution is 2.20. The summed E-state index contributed by atoms with van der Waals surface area (Å²) in [5.74, 6) is 0.844. The summed E-state index contributed by atoms with van der Waals surface area (Å²) in [6, 6.07) is 7.76. The molecule has 0 saturated carbocycles. The fraction of sp³-hybridized carbons (Fsp3) is 0.500. The van der Waals surface area contributed by atoms with Gasteiger partial charge in [-0.2, -0.15) is 0 Å². The molecule has 2 rings (SSSR count). The molecule has 1 aromatic carbocycles. The number of amides is 2. The van der Waals surface area contributed by atoms with Gasteiger partial charge in [0.15, 0.2) is 6.61 Å². The first-order valence-corrected chi connectivity index (χ1v) is 7.33. The Hall–Kier alpha value is -2.04. The van der Waals surface area contributed by atoms with Crippen molar-refractivity contribution >= 4 is 11.8 Å². The number of nitrogens with one attached hydrogen (secondary N) is 1. The lowest BCUT2D eigenvalue weighted by Crippen LogP contribution is -2.39. The first-order chi connectivity index (χ1) is 10.1. The second-order valence-electron chi connectivity index (χ2n) is 5.53. The quantitative estimate of drug-likeness (QED) is 0.915. The van der Waals surface area contributed by atoms with Gasteiger partial charge in [-0.1, -0.05) is 26.0 Å². The minimum Gasteiger partial charge on any atom is -0.484 e. The van der Waals surface area contributed by atoms with Crippen LogP contribution in [0, 0.1) is 0 Å². The van der Waals surface area contributed by atoms with E-state index in [9.17, 15) is 9.59 Å². The van der Waals surface area contributed by atoms with E-state index in [0.29, 0.717) is 24.8 Å². The summed E-state index contributed by atoms with van der Waals surface area (Å²) in [6.45, 7) is 5.52. The number of carbonyl (C=O) groups is 2. The lowest BCUT2D eigenvalue weighted by molar-refractivity contribution is -0.136. The Morgan fingerprint density at radius 1 is 1.43 bits per heavy atom. The Labute approximate surface area is 125 Å². The zero-order valence-electron chi connectivity index (χ0n) is 12.6. The predicted octanol–water partition coefficient (Wildman–Crippen LogP) is 1.54. The molecule has 114 valence electrons. The topological polar surface area (TPSA) is 58.6 Å². The summed E-state index contributed by atoms with van der Waals surface area (Å²) >= 11 is 0. The number of ether oxygens (including phenoxy) is 1. The van der Waals surface area contributed by atoms with Crippen LogP contribution in [-0.2, 0) is 9.59 Å². The Kier molecular flexibility index (Phi) is 5.20. The maximum Gasteiger partial charge on any atom is 0.260 e. The minimum atomic E-state index is -0.151. The maximum atomic E-state index is 12.1. The third-order valence-electron chi connectivity index (χ3n) is 3.50. The average Bonchev–Trinajstić information content (AvgIpc) is 2.69. The second-order valence-corrected chi connectivity index (χ2v) is 5.53. The molecule has 0 atom stereocenters. The fourth-order valence-electron chi connectivity index (χ4n) is 2.22. The first-order valence-electron chi connectivity index (χ1n) is 7.33. The molecule has 0 aromatic heterocycles. The third-order valence-corrected chi connectivity index (χ3v) is 3.50. The summed E-state index contributed by atoms with van der Waals surface area (Å²) in [6.07, 6.45) is 0.778. The molecular formula is C16H22N2O3. The van der Waals surface area contributed by atoms with E-state index < -0.39 is 0 Å². The SMILES string of the molecule is CC(C)c1cccc(OCC(=O)N2CCCNC(=O)C2)c1. The van der Waals surface area contributed by atoms with Gasteiger partial charge in [0.2, 0.25) is 5.91 Å². The van der Waals surface area contributed by atoms with Gasteiger partial charge in [-0.15, -0.1) is 0 Å². The molecule has 0 unspecified atom stereocenters. The fourth-order valence-corrected chi connectivity index (χ4v) is 2.22. The van der Waals surface area contributed by atoms with Crippen molar-refractivity contribution in [1.29, 1.82) is 0 Å². The van der Waals surface area contributed by atoms with Crippen LogP contribution in [0.4, 0.5) is 0 Å². The first kappa shape index (κ1) is 15.4. The van der Waals surface area contributed by atoms with E-state index in [2.05, 4.69) is 19.2 Å². The second kappa shape index (κ2) is 7.11. The summed E-state index contributed by atoms with van der Waals surface area (Å²) in [7, 11) is 0. The molecule has 5 nitrogen and oxygen atoms in total. The Bertz CT molecular complexity index is 514. The molecule has 1 aliphatic rings. The van der Waals surface area contributed by atoms with Crippen LogP contribution in [0.2, 0.25) is 0 Å². The molecule has 1 aromatic rings. The Morgan fingerprint density at radius 3 is 3.00 bits per heavy atom. The molecule has 0 bridgehead atoms. The molecule has 0 spiro atoms. The zero-order chi connectivity index (χ0) is 15.2. The Morgan fingerprint density at radius 2 is 2.24 bits per heavy atom. The van der Waals surface area contributed by atoms with Crippen LogP contribution in [0.15, 0.2) is 24.3 Å². The molecule has 1 heterocycles. The van der Waals surface area contributed by atoms with Crippen molar-refractivity contribution < 1.29 is 14.3 Å². The third kappa shape index (κ3) is 4.48. The number of nitrogens with zero attached hydrogens (tertiary/aromatic N) is 1. The van der Waals surface area contributed by atoms with Crippen LogP contribution >= 0.6 is 0 Å². The normalized spacial score (nSPS) is 15.6. The van der Waals surface area contributed by atoms with Crippen LogP contribution in [0.1, 0.15) is 31.7 Å². The summed E-state index contributed by atoms with van der Waals surface area (Å²) in [5.41, 5.74) is 1.18. The van der Waals surface area contributed by atoms with E-state index >= 15 is 0 Å². The van der Waals surface area contributed by atoms with Crippen LogP contribution < -0.4 is 10.1 Å². The smallest absolute Gasteiger partial charge is 0.260 e. The molecule has 0 radical (unpaired) electrons. The zero-order valence-corrected chi connectivity index (χ0v) is 12.6. The van der Waals surface area contributed by atoms with Crippen molar-refractivity contribution in [2.24, 2.45) is 0 Å². The highest BCUT2D eigenvalue weighted by atomic mass is 16.5. The molecule has 1 aliphatic heterocycles. The van der Waals surface area contributed by atoms with E-state index in [1.165, 1.54) is 5.56 Å². The predicted molar refractivity (Wildman–Crippen MR) is 80.2 cm³/mol. The molecule has 5 heteroatoms. The Balaban J connectivity index is 1.91. The number of benzene rings is 1. The summed E-state index contributed by atoms with van der Waals surface area (Å²) in [5, 5.41) is 2.75. The maximum absolute atomic E-state index is 12.1. The van der Waals surface area contributed by atoms with Crippen LogP contribution in [-0.4, -0.2) is 43.0 Å². The van der Waals surface area contributed by atoms with Gasteiger partial charge in [-0.25, -0.2) is 0 Å². The van der Waals surface area contributed by atoms with Crippen LogP contribution in [0.5, 0.6) is 5.75 Å². The average molecular weight is 290 g/mol. The van der Waals surface area contributed by atoms with Gasteiger partial charge in [-0.3, -0.25) is 9.59 Å². The molecule has 1 N–H and O–H groups in total. The van der Waals surface area contributed by atoms with Gasteiger partial charge in [0.1, 0.15) is 5.75 Å². The molecule has 1 saturated heterocycles. The van der Waals surface area contributed by atoms with Gasteiger partial charge in [0.25, 0.3) is 5.91 Å². The monoisotopic (exact) mass is 290 g/mol. The van der Waals surface area contributed by atoms with E-state index in [1.54, 1.807) is 4.90 Å². The summed E-state index contributed by atoms with van der Waals surface area (Å²) in [4.78, 5) is 25.1. The van der Waals surface area contributed by atoms with Gasteiger partial charge < -0.3 is 15.0 Å². The molecule has 0 aliphatic carbocycles. The van der Waals surface area contributed by atoms with Crippen molar-refractivity contribution in [2.45, 2.75) is 26.2 Å². The van der Waals surface area contributed by atoms with Gasteiger partial charge >= 0.3 is 0 Å². The van der Waals surface area contributed by atoms with Crippen molar-refractivity contribution in [3.8, 4) is 5.75 Å². The van der Waals surface area contributed by atoms with E-state index in [4.69, 9.17) is 4.74 Å². The number of hydrogen-bond acceptors (Lipinski definition) is 3. The molecule has 2 amide bonds. The highest BCUT2D eigenvalue weighted by molar-refractivity contribution is 5.85. The lowest BCUT2D eigenvalue weighted by Gasteiger charge is -2.19. The van der Waals surface area contributed by atoms with Crippen LogP contribution in [0.3, 0.4) is 0 Å². The van der Waals surface area contributed by atoms with Crippen molar-refractivity contribution in [3.63, 3.8) is 0 Å². The van der Waals surface area contributed by atoms with Gasteiger partial charge in [-0.05, 0) is 30.0 Å². The van der Waals surface area contributed by atoms with Gasteiger partial charge in [0, 0.05) is 13.1 Å². The van der Waals surface area contributed by atoms with E-state index in [0.717, 1.165) is 6.42 Å². The van der Waals surface area contributed by atoms with E-state index in [1.807, 2.05) is 24.3 Å². The van der Waals surface area contributed by atoms with Crippen molar-refractivity contribution in [1.82, 2.24) is 10.2 Å². The summed E-state index contributed by atoms with van der Waals surface area (Å²) < 4.78 is 5.56. The standard InChI is InChI=1S/C16H22N2O3/c1-12(2)13-5-3-6-14(9-13)21-11-16(20)18-8-4-7-17-15(19)10-18/h3,5-6,9,12H,4,7-8,10-11H2,1-2H3,(H,17,19). The molecule has 21 heavy (non-hydrogen) atoms.